The molecule has 0 unspecified atom stereocenters. The van der Waals surface area contributed by atoms with Gasteiger partial charge in [-0.15, -0.1) is 6.58 Å². The van der Waals surface area contributed by atoms with Crippen molar-refractivity contribution in [1.82, 2.24) is 24.1 Å². The van der Waals surface area contributed by atoms with E-state index in [1.165, 1.54) is 4.57 Å². The summed E-state index contributed by atoms with van der Waals surface area (Å²) in [6.45, 7) is 6.81. The van der Waals surface area contributed by atoms with E-state index in [1.807, 2.05) is 19.1 Å². The molecule has 0 amide bonds. The maximum absolute atomic E-state index is 12.8. The van der Waals surface area contributed by atoms with E-state index in [9.17, 15) is 9.59 Å². The van der Waals surface area contributed by atoms with Gasteiger partial charge in [0.25, 0.3) is 5.56 Å². The third-order valence-electron chi connectivity index (χ3n) is 4.63. The first-order valence-corrected chi connectivity index (χ1v) is 9.20. The van der Waals surface area contributed by atoms with Gasteiger partial charge in [-0.05, 0) is 31.4 Å². The summed E-state index contributed by atoms with van der Waals surface area (Å²) in [7, 11) is 0. The number of aromatic amines is 1. The molecule has 2 N–H and O–H groups in total. The number of aromatic nitrogens is 5. The highest BCUT2D eigenvalue weighted by Crippen LogP contribution is 2.32. The van der Waals surface area contributed by atoms with Gasteiger partial charge in [-0.25, -0.2) is 14.8 Å². The Kier molecular flexibility index (Phi) is 4.39. The van der Waals surface area contributed by atoms with E-state index >= 15 is 0 Å². The van der Waals surface area contributed by atoms with Gasteiger partial charge in [-0.1, -0.05) is 13.0 Å². The predicted octanol–water partition coefficient (Wildman–Crippen LogP) is 2.29. The Labute approximate surface area is 155 Å². The lowest BCUT2D eigenvalue weighted by molar-refractivity contribution is 0.571. The van der Waals surface area contributed by atoms with Crippen molar-refractivity contribution >= 4 is 17.0 Å². The average molecular weight is 366 g/mol. The number of nitrogens with zero attached hydrogens (tertiary/aromatic N) is 4. The molecule has 1 saturated carbocycles. The Morgan fingerprint density at radius 3 is 2.81 bits per heavy atom. The van der Waals surface area contributed by atoms with E-state index in [0.717, 1.165) is 30.6 Å². The summed E-state index contributed by atoms with van der Waals surface area (Å²) in [5.74, 6) is 1.26. The number of anilines is 1. The van der Waals surface area contributed by atoms with Crippen LogP contribution in [0.3, 0.4) is 0 Å². The van der Waals surface area contributed by atoms with E-state index in [1.54, 1.807) is 16.8 Å². The Bertz CT molecular complexity index is 1100. The number of hydrogen-bond acceptors (Lipinski definition) is 5. The molecule has 0 aliphatic heterocycles. The van der Waals surface area contributed by atoms with Crippen LogP contribution in [-0.2, 0) is 6.54 Å². The van der Waals surface area contributed by atoms with E-state index in [4.69, 9.17) is 0 Å². The van der Waals surface area contributed by atoms with Crippen LogP contribution in [0.5, 0.6) is 0 Å². The molecule has 3 aromatic heterocycles. The highest BCUT2D eigenvalue weighted by Gasteiger charge is 2.29. The molecule has 8 heteroatoms. The third kappa shape index (κ3) is 3.07. The van der Waals surface area contributed by atoms with Crippen molar-refractivity contribution in [3.63, 3.8) is 0 Å². The molecule has 0 aromatic carbocycles. The first-order valence-electron chi connectivity index (χ1n) is 9.20. The van der Waals surface area contributed by atoms with Crippen molar-refractivity contribution in [2.24, 2.45) is 0 Å². The Morgan fingerprint density at radius 2 is 2.19 bits per heavy atom. The zero-order chi connectivity index (χ0) is 19.0. The normalized spacial score (nSPS) is 13.8. The number of hydrogen-bond donors (Lipinski definition) is 2. The minimum absolute atomic E-state index is 0.0149. The second kappa shape index (κ2) is 6.86. The van der Waals surface area contributed by atoms with Crippen LogP contribution >= 0.6 is 0 Å². The zero-order valence-corrected chi connectivity index (χ0v) is 15.2. The van der Waals surface area contributed by atoms with Crippen LogP contribution < -0.4 is 16.6 Å². The van der Waals surface area contributed by atoms with Gasteiger partial charge in [-0.3, -0.25) is 13.9 Å². The first kappa shape index (κ1) is 17.3. The van der Waals surface area contributed by atoms with Gasteiger partial charge < -0.3 is 10.3 Å². The van der Waals surface area contributed by atoms with Gasteiger partial charge >= 0.3 is 5.69 Å². The van der Waals surface area contributed by atoms with Crippen molar-refractivity contribution in [2.75, 3.05) is 11.9 Å². The fourth-order valence-corrected chi connectivity index (χ4v) is 3.17. The first-order chi connectivity index (χ1) is 13.1. The number of aryl methyl sites for hydroxylation is 1. The molecule has 1 aliphatic rings. The largest absolute Gasteiger partial charge is 0.367 e. The molecular weight excluding hydrogens is 344 g/mol. The van der Waals surface area contributed by atoms with Gasteiger partial charge in [0.05, 0.1) is 0 Å². The maximum atomic E-state index is 12.8. The molecule has 0 saturated heterocycles. The highest BCUT2D eigenvalue weighted by atomic mass is 16.2. The van der Waals surface area contributed by atoms with Gasteiger partial charge in [-0.2, -0.15) is 0 Å². The van der Waals surface area contributed by atoms with Crippen LogP contribution in [0.15, 0.2) is 40.6 Å². The van der Waals surface area contributed by atoms with E-state index < -0.39 is 0 Å². The molecule has 1 fully saturated rings. The van der Waals surface area contributed by atoms with Gasteiger partial charge in [0.2, 0.25) is 0 Å². The molecule has 0 radical (unpaired) electrons. The van der Waals surface area contributed by atoms with Crippen LogP contribution in [0, 0.1) is 0 Å². The molecule has 27 heavy (non-hydrogen) atoms. The molecule has 0 atom stereocenters. The Morgan fingerprint density at radius 1 is 1.37 bits per heavy atom. The highest BCUT2D eigenvalue weighted by molar-refractivity contribution is 5.75. The molecule has 0 spiro atoms. The van der Waals surface area contributed by atoms with Gasteiger partial charge in [0.1, 0.15) is 17.2 Å². The summed E-state index contributed by atoms with van der Waals surface area (Å²) in [4.78, 5) is 37.7. The van der Waals surface area contributed by atoms with Crippen molar-refractivity contribution in [1.29, 1.82) is 0 Å². The molecular formula is C19H22N6O2. The summed E-state index contributed by atoms with van der Waals surface area (Å²) >= 11 is 0. The standard InChI is InChI=1S/C19H22N6O2/c1-3-9-20-14-8-5-12(11-21-14)16-22-15-17(23-16)24(10-4-2)19(27)25(18(15)26)13-6-7-13/h3,5,8,11,13H,1,4,6-7,9-10H2,2H3,(H,20,21)(H,22,23). The van der Waals surface area contributed by atoms with Crippen molar-refractivity contribution in [3.8, 4) is 11.4 Å². The smallest absolute Gasteiger partial charge is 0.333 e. The molecule has 4 rings (SSSR count). The summed E-state index contributed by atoms with van der Waals surface area (Å²) in [5.41, 5.74) is 0.979. The molecule has 140 valence electrons. The number of pyridine rings is 1. The van der Waals surface area contributed by atoms with Gasteiger partial charge in [0.15, 0.2) is 5.65 Å². The molecule has 3 heterocycles. The maximum Gasteiger partial charge on any atom is 0.333 e. The Hall–Kier alpha value is -3.16. The number of nitrogens with one attached hydrogen (secondary N) is 2. The number of imidazole rings is 1. The lowest BCUT2D eigenvalue weighted by atomic mass is 10.2. The van der Waals surface area contributed by atoms with Crippen LogP contribution in [0.1, 0.15) is 32.2 Å². The minimum atomic E-state index is -0.291. The molecule has 3 aromatic rings. The van der Waals surface area contributed by atoms with Crippen LogP contribution in [0.4, 0.5) is 5.82 Å². The van der Waals surface area contributed by atoms with Crippen LogP contribution in [0.25, 0.3) is 22.6 Å². The quantitative estimate of drug-likeness (QED) is 0.625. The molecule has 8 nitrogen and oxygen atoms in total. The third-order valence-corrected chi connectivity index (χ3v) is 4.63. The Balaban J connectivity index is 1.83. The summed E-state index contributed by atoms with van der Waals surface area (Å²) < 4.78 is 2.98. The lowest BCUT2D eigenvalue weighted by Gasteiger charge is -2.09. The minimum Gasteiger partial charge on any atom is -0.367 e. The van der Waals surface area contributed by atoms with Crippen molar-refractivity contribution < 1.29 is 0 Å². The average Bonchev–Trinajstić information content (AvgIpc) is 3.41. The second-order valence-electron chi connectivity index (χ2n) is 6.73. The number of fused-ring (bicyclic) bond motifs is 1. The van der Waals surface area contributed by atoms with Crippen LogP contribution in [-0.4, -0.2) is 30.6 Å². The summed E-state index contributed by atoms with van der Waals surface area (Å²) in [5, 5.41) is 3.11. The fourth-order valence-electron chi connectivity index (χ4n) is 3.17. The van der Waals surface area contributed by atoms with E-state index in [-0.39, 0.29) is 17.3 Å². The van der Waals surface area contributed by atoms with E-state index in [0.29, 0.717) is 30.1 Å². The second-order valence-corrected chi connectivity index (χ2v) is 6.73. The summed E-state index contributed by atoms with van der Waals surface area (Å²) in [6, 6.07) is 3.73. The summed E-state index contributed by atoms with van der Waals surface area (Å²) in [6.07, 6.45) is 5.97. The van der Waals surface area contributed by atoms with Crippen molar-refractivity contribution in [2.45, 2.75) is 38.8 Å². The van der Waals surface area contributed by atoms with Crippen LogP contribution in [0.2, 0.25) is 0 Å². The lowest BCUT2D eigenvalue weighted by Crippen LogP contribution is -2.39. The number of rotatable bonds is 7. The predicted molar refractivity (Wildman–Crippen MR) is 105 cm³/mol. The molecule has 1 aliphatic carbocycles. The van der Waals surface area contributed by atoms with E-state index in [2.05, 4.69) is 26.8 Å². The zero-order valence-electron chi connectivity index (χ0n) is 15.2. The topological polar surface area (TPSA) is 97.6 Å². The van der Waals surface area contributed by atoms with Gasteiger partial charge in [0, 0.05) is 30.9 Å². The van der Waals surface area contributed by atoms with Crippen molar-refractivity contribution in [3.05, 3.63) is 51.8 Å². The number of H-pyrrole nitrogens is 1. The monoisotopic (exact) mass is 366 g/mol. The fraction of sp³-hybridized carbons (Fsp3) is 0.368. The molecule has 0 bridgehead atoms. The SMILES string of the molecule is C=CCNc1ccc(-c2nc3c([nH]2)c(=O)n(C2CC2)c(=O)n3CCC)cn1.